The number of hydrogen-bond donors (Lipinski definition) is 2. The first-order valence-electron chi connectivity index (χ1n) is 10.3. The summed E-state index contributed by atoms with van der Waals surface area (Å²) in [6.45, 7) is 1.75. The molecular formula is C24H22ClF3N2O3S. The smallest absolute Gasteiger partial charge is 0.325 e. The minimum atomic E-state index is -4.56. The van der Waals surface area contributed by atoms with Crippen molar-refractivity contribution in [2.75, 3.05) is 5.32 Å². The predicted molar refractivity (Wildman–Crippen MR) is 125 cm³/mol. The quantitative estimate of drug-likeness (QED) is 0.392. The van der Waals surface area contributed by atoms with Crippen molar-refractivity contribution < 1.29 is 26.4 Å². The largest absolute Gasteiger partial charge is 0.416 e. The van der Waals surface area contributed by atoms with Crippen LogP contribution in [-0.4, -0.2) is 14.3 Å². The third-order valence-corrected chi connectivity index (χ3v) is 6.96. The van der Waals surface area contributed by atoms with Crippen molar-refractivity contribution in [3.8, 4) is 0 Å². The Bertz CT molecular complexity index is 1250. The number of halogens is 4. The maximum Gasteiger partial charge on any atom is 0.416 e. The monoisotopic (exact) mass is 510 g/mol. The van der Waals surface area contributed by atoms with Crippen LogP contribution in [0, 0.1) is 0 Å². The van der Waals surface area contributed by atoms with Gasteiger partial charge in [0.1, 0.15) is 0 Å². The second-order valence-electron chi connectivity index (χ2n) is 7.64. The molecule has 180 valence electrons. The first kappa shape index (κ1) is 25.7. The molecule has 10 heteroatoms. The molecule has 1 amide bonds. The van der Waals surface area contributed by atoms with E-state index < -0.39 is 33.7 Å². The summed E-state index contributed by atoms with van der Waals surface area (Å²) in [4.78, 5) is 12.3. The molecule has 0 spiro atoms. The number of alkyl halides is 3. The highest BCUT2D eigenvalue weighted by molar-refractivity contribution is 7.89. The summed E-state index contributed by atoms with van der Waals surface area (Å²) in [6, 6.07) is 17.5. The Morgan fingerprint density at radius 1 is 1.00 bits per heavy atom. The first-order chi connectivity index (χ1) is 16.0. The highest BCUT2D eigenvalue weighted by Gasteiger charge is 2.31. The van der Waals surface area contributed by atoms with E-state index in [1.54, 1.807) is 19.1 Å². The lowest BCUT2D eigenvalue weighted by Gasteiger charge is -2.15. The molecule has 0 aliphatic carbocycles. The van der Waals surface area contributed by atoms with Gasteiger partial charge in [-0.1, -0.05) is 54.1 Å². The van der Waals surface area contributed by atoms with Crippen LogP contribution in [0.25, 0.3) is 0 Å². The van der Waals surface area contributed by atoms with Crippen molar-refractivity contribution in [2.24, 2.45) is 0 Å². The molecule has 1 atom stereocenters. The molecule has 3 aromatic carbocycles. The Hall–Kier alpha value is -2.88. The number of benzene rings is 3. The molecular weight excluding hydrogens is 489 g/mol. The molecule has 0 radical (unpaired) electrons. The molecule has 5 nitrogen and oxygen atoms in total. The van der Waals surface area contributed by atoms with Gasteiger partial charge in [0.05, 0.1) is 21.2 Å². The first-order valence-corrected chi connectivity index (χ1v) is 12.1. The van der Waals surface area contributed by atoms with Gasteiger partial charge in [0.2, 0.25) is 15.9 Å². The normalized spacial score (nSPS) is 12.9. The van der Waals surface area contributed by atoms with Crippen LogP contribution in [0.3, 0.4) is 0 Å². The lowest BCUT2D eigenvalue weighted by molar-refractivity contribution is -0.137. The number of anilines is 1. The zero-order valence-corrected chi connectivity index (χ0v) is 19.6. The molecule has 3 aromatic rings. The van der Waals surface area contributed by atoms with Crippen LogP contribution >= 0.6 is 11.6 Å². The second-order valence-corrected chi connectivity index (χ2v) is 9.76. The third kappa shape index (κ3) is 6.82. The van der Waals surface area contributed by atoms with Gasteiger partial charge in [0.15, 0.2) is 0 Å². The SMILES string of the molecule is C[C@H](NS(=O)(=O)c1ccc(CCC(=O)Nc2cc(C(F)(F)F)ccc2Cl)cc1)c1ccccc1. The van der Waals surface area contributed by atoms with E-state index in [1.807, 2.05) is 30.3 Å². The molecule has 2 N–H and O–H groups in total. The van der Waals surface area contributed by atoms with Crippen molar-refractivity contribution >= 4 is 33.2 Å². The van der Waals surface area contributed by atoms with Gasteiger partial charge in [0, 0.05) is 12.5 Å². The zero-order valence-electron chi connectivity index (χ0n) is 18.1. The molecule has 0 aliphatic heterocycles. The van der Waals surface area contributed by atoms with Crippen LogP contribution in [0.15, 0.2) is 77.7 Å². The summed E-state index contributed by atoms with van der Waals surface area (Å²) in [5.74, 6) is -0.517. The maximum atomic E-state index is 12.9. The van der Waals surface area contributed by atoms with Gasteiger partial charge in [-0.15, -0.1) is 0 Å². The number of nitrogens with one attached hydrogen (secondary N) is 2. The van der Waals surface area contributed by atoms with E-state index in [1.165, 1.54) is 12.1 Å². The third-order valence-electron chi connectivity index (χ3n) is 5.07. The van der Waals surface area contributed by atoms with Crippen LogP contribution in [0.4, 0.5) is 18.9 Å². The fourth-order valence-electron chi connectivity index (χ4n) is 3.21. The van der Waals surface area contributed by atoms with Crippen LogP contribution < -0.4 is 10.0 Å². The molecule has 0 saturated carbocycles. The number of sulfonamides is 1. The van der Waals surface area contributed by atoms with Gasteiger partial charge < -0.3 is 5.32 Å². The van der Waals surface area contributed by atoms with E-state index in [4.69, 9.17) is 11.6 Å². The minimum Gasteiger partial charge on any atom is -0.325 e. The Morgan fingerprint density at radius 2 is 1.65 bits per heavy atom. The number of carbonyl (C=O) groups excluding carboxylic acids is 1. The molecule has 0 unspecified atom stereocenters. The highest BCUT2D eigenvalue weighted by atomic mass is 35.5. The lowest BCUT2D eigenvalue weighted by atomic mass is 10.1. The summed E-state index contributed by atoms with van der Waals surface area (Å²) in [6.07, 6.45) is -4.32. The van der Waals surface area contributed by atoms with Gasteiger partial charge in [-0.25, -0.2) is 13.1 Å². The van der Waals surface area contributed by atoms with Gasteiger partial charge in [0.25, 0.3) is 0 Å². The molecule has 0 bridgehead atoms. The van der Waals surface area contributed by atoms with Crippen LogP contribution in [0.5, 0.6) is 0 Å². The Labute approximate surface area is 201 Å². The molecule has 0 saturated heterocycles. The van der Waals surface area contributed by atoms with Crippen LogP contribution in [0.2, 0.25) is 5.02 Å². The summed E-state index contributed by atoms with van der Waals surface area (Å²) in [5.41, 5.74) is 0.482. The van der Waals surface area contributed by atoms with Gasteiger partial charge in [-0.2, -0.15) is 13.2 Å². The standard InChI is InChI=1S/C24H22ClF3N2O3S/c1-16(18-5-3-2-4-6-18)30-34(32,33)20-11-7-17(8-12-20)9-14-23(31)29-22-15-19(24(26,27)28)10-13-21(22)25/h2-8,10-13,15-16,30H,9,14H2,1H3,(H,29,31)/t16-/m0/s1. The molecule has 0 fully saturated rings. The number of aryl methyl sites for hydroxylation is 1. The molecule has 34 heavy (non-hydrogen) atoms. The average Bonchev–Trinajstić information content (AvgIpc) is 2.79. The molecule has 0 aromatic heterocycles. The van der Waals surface area contributed by atoms with Crippen molar-refractivity contribution in [1.29, 1.82) is 0 Å². The van der Waals surface area contributed by atoms with Crippen molar-refractivity contribution in [2.45, 2.75) is 36.9 Å². The van der Waals surface area contributed by atoms with E-state index in [0.29, 0.717) is 5.56 Å². The van der Waals surface area contributed by atoms with Gasteiger partial charge in [-0.05, 0) is 54.8 Å². The molecule has 0 aliphatic rings. The predicted octanol–water partition coefficient (Wildman–Crippen LogP) is 5.97. The highest BCUT2D eigenvalue weighted by Crippen LogP contribution is 2.33. The summed E-state index contributed by atoms with van der Waals surface area (Å²) >= 11 is 5.90. The molecule has 3 rings (SSSR count). The van der Waals surface area contributed by atoms with Crippen LogP contribution in [-0.2, 0) is 27.4 Å². The Kier molecular flexibility index (Phi) is 8.01. The van der Waals surface area contributed by atoms with E-state index in [-0.39, 0.29) is 28.4 Å². The van der Waals surface area contributed by atoms with E-state index in [0.717, 1.165) is 23.8 Å². The Morgan fingerprint density at radius 3 is 2.26 bits per heavy atom. The Balaban J connectivity index is 1.59. The number of rotatable bonds is 8. The molecule has 0 heterocycles. The summed E-state index contributed by atoms with van der Waals surface area (Å²) < 4.78 is 66.6. The van der Waals surface area contributed by atoms with Crippen molar-refractivity contribution in [3.63, 3.8) is 0 Å². The van der Waals surface area contributed by atoms with E-state index >= 15 is 0 Å². The second kappa shape index (κ2) is 10.6. The number of amides is 1. The number of carbonyl (C=O) groups is 1. The van der Waals surface area contributed by atoms with Gasteiger partial charge >= 0.3 is 6.18 Å². The topological polar surface area (TPSA) is 75.3 Å². The van der Waals surface area contributed by atoms with Crippen LogP contribution in [0.1, 0.15) is 36.1 Å². The zero-order chi connectivity index (χ0) is 24.9. The van der Waals surface area contributed by atoms with E-state index in [2.05, 4.69) is 10.0 Å². The number of hydrogen-bond acceptors (Lipinski definition) is 3. The maximum absolute atomic E-state index is 12.9. The van der Waals surface area contributed by atoms with Crippen molar-refractivity contribution in [1.82, 2.24) is 4.72 Å². The van der Waals surface area contributed by atoms with E-state index in [9.17, 15) is 26.4 Å². The van der Waals surface area contributed by atoms with Gasteiger partial charge in [-0.3, -0.25) is 4.79 Å². The fourth-order valence-corrected chi connectivity index (χ4v) is 4.61. The summed E-state index contributed by atoms with van der Waals surface area (Å²) in [7, 11) is -3.75. The lowest BCUT2D eigenvalue weighted by Crippen LogP contribution is -2.26. The average molecular weight is 511 g/mol. The minimum absolute atomic E-state index is 0.00635. The fraction of sp³-hybridized carbons (Fsp3) is 0.208. The van der Waals surface area contributed by atoms with Crippen molar-refractivity contribution in [3.05, 3.63) is 94.5 Å². The summed E-state index contributed by atoms with van der Waals surface area (Å²) in [5, 5.41) is 2.38.